The predicted octanol–water partition coefficient (Wildman–Crippen LogP) is 7.38. The average Bonchev–Trinajstić information content (AvgIpc) is 3.12. The molecule has 1 aliphatic carbocycles. The van der Waals surface area contributed by atoms with Crippen molar-refractivity contribution in [3.8, 4) is 23.0 Å². The minimum atomic E-state index is -0.467. The predicted molar refractivity (Wildman–Crippen MR) is 193 cm³/mol. The molecular formula is C42H44O8. The Hall–Kier alpha value is -5.50. The maximum atomic E-state index is 12.3. The van der Waals surface area contributed by atoms with Crippen molar-refractivity contribution in [1.29, 1.82) is 0 Å². The Bertz CT molecular complexity index is 1610. The molecule has 0 amide bonds. The highest BCUT2D eigenvalue weighted by atomic mass is 16.6. The Balaban J connectivity index is 1.73. The molecule has 8 nitrogen and oxygen atoms in total. The van der Waals surface area contributed by atoms with Crippen LogP contribution in [0.2, 0.25) is 0 Å². The topological polar surface area (TPSA) is 89.5 Å². The van der Waals surface area contributed by atoms with E-state index in [0.717, 1.165) is 56.0 Å². The van der Waals surface area contributed by atoms with Gasteiger partial charge < -0.3 is 28.4 Å². The minimum absolute atomic E-state index is 0.227. The summed E-state index contributed by atoms with van der Waals surface area (Å²) in [6, 6.07) is 24.3. The Kier molecular flexibility index (Phi) is 12.7. The lowest BCUT2D eigenvalue weighted by Crippen LogP contribution is -2.15. The van der Waals surface area contributed by atoms with Crippen molar-refractivity contribution in [1.82, 2.24) is 0 Å². The minimum Gasteiger partial charge on any atom is -0.493 e. The van der Waals surface area contributed by atoms with Crippen LogP contribution in [0.3, 0.4) is 0 Å². The molecule has 8 bridgehead atoms. The van der Waals surface area contributed by atoms with Crippen LogP contribution in [0.4, 0.5) is 0 Å². The van der Waals surface area contributed by atoms with Crippen LogP contribution in [-0.2, 0) is 44.7 Å². The lowest BCUT2D eigenvalue weighted by Gasteiger charge is -2.22. The molecule has 260 valence electrons. The van der Waals surface area contributed by atoms with Crippen molar-refractivity contribution in [2.45, 2.75) is 38.5 Å². The van der Waals surface area contributed by atoms with Crippen LogP contribution in [0.1, 0.15) is 57.3 Å². The molecule has 0 N–H and O–H groups in total. The van der Waals surface area contributed by atoms with E-state index in [2.05, 4.69) is 13.2 Å². The third-order valence-electron chi connectivity index (χ3n) is 8.50. The van der Waals surface area contributed by atoms with E-state index < -0.39 is 11.9 Å². The van der Waals surface area contributed by atoms with Gasteiger partial charge >= 0.3 is 11.9 Å². The fourth-order valence-electron chi connectivity index (χ4n) is 6.10. The first-order valence-electron chi connectivity index (χ1n) is 16.7. The quantitative estimate of drug-likeness (QED) is 0.0684. The number of hydrogen-bond donors (Lipinski definition) is 0. The van der Waals surface area contributed by atoms with Crippen LogP contribution >= 0.6 is 0 Å². The molecule has 0 saturated carbocycles. The van der Waals surface area contributed by atoms with Crippen molar-refractivity contribution in [2.24, 2.45) is 0 Å². The molecule has 0 spiro atoms. The molecule has 0 aliphatic heterocycles. The standard InChI is InChI=1S/C42H44O8/c1-5-7-21-47-39-29-13-9-14-30(39)24-34-18-12-20-36(42(34)50-28-38(44)46-4)26-32-16-10-15-31(40(32)48-22-8-6-2)25-35-19-11-17-33(23-29)41(35)49-27-37(43)45-3/h5-6,9-20H,1-2,7-8,21-28H2,3-4H3. The van der Waals surface area contributed by atoms with E-state index in [1.165, 1.54) is 14.2 Å². The maximum absolute atomic E-state index is 12.3. The highest BCUT2D eigenvalue weighted by Gasteiger charge is 2.22. The first-order valence-corrected chi connectivity index (χ1v) is 16.7. The zero-order valence-electron chi connectivity index (χ0n) is 28.8. The number of fused-ring (bicyclic) bond motifs is 8. The summed E-state index contributed by atoms with van der Waals surface area (Å²) in [4.78, 5) is 24.6. The Morgan fingerprint density at radius 3 is 1.00 bits per heavy atom. The van der Waals surface area contributed by atoms with Crippen molar-refractivity contribution < 1.29 is 38.0 Å². The van der Waals surface area contributed by atoms with Gasteiger partial charge in [-0.1, -0.05) is 84.9 Å². The van der Waals surface area contributed by atoms with Gasteiger partial charge in [0.2, 0.25) is 0 Å². The fourth-order valence-corrected chi connectivity index (χ4v) is 6.10. The zero-order valence-corrected chi connectivity index (χ0v) is 28.8. The van der Waals surface area contributed by atoms with Gasteiger partial charge in [-0.2, -0.15) is 0 Å². The van der Waals surface area contributed by atoms with Crippen molar-refractivity contribution in [3.63, 3.8) is 0 Å². The first kappa shape index (κ1) is 35.8. The van der Waals surface area contributed by atoms with E-state index in [1.807, 2.05) is 84.9 Å². The van der Waals surface area contributed by atoms with Crippen molar-refractivity contribution >= 4 is 11.9 Å². The van der Waals surface area contributed by atoms with Crippen LogP contribution in [0.25, 0.3) is 0 Å². The van der Waals surface area contributed by atoms with Gasteiger partial charge in [-0.3, -0.25) is 0 Å². The molecule has 0 radical (unpaired) electrons. The van der Waals surface area contributed by atoms with Crippen molar-refractivity contribution in [3.05, 3.63) is 143 Å². The summed E-state index contributed by atoms with van der Waals surface area (Å²) >= 11 is 0. The van der Waals surface area contributed by atoms with E-state index in [4.69, 9.17) is 28.4 Å². The molecule has 1 aliphatic rings. The smallest absolute Gasteiger partial charge is 0.343 e. The summed E-state index contributed by atoms with van der Waals surface area (Å²) in [6.07, 6.45) is 6.94. The number of para-hydroxylation sites is 4. The number of rotatable bonds is 14. The third kappa shape index (κ3) is 8.94. The number of methoxy groups -OCH3 is 2. The summed E-state index contributed by atoms with van der Waals surface area (Å²) in [5.41, 5.74) is 7.45. The van der Waals surface area contributed by atoms with Gasteiger partial charge in [-0.05, 0) is 57.3 Å². The second-order valence-corrected chi connectivity index (χ2v) is 11.9. The Labute approximate surface area is 294 Å². The second kappa shape index (κ2) is 17.8. The summed E-state index contributed by atoms with van der Waals surface area (Å²) in [5.74, 6) is 1.84. The molecule has 0 aromatic heterocycles. The maximum Gasteiger partial charge on any atom is 0.343 e. The van der Waals surface area contributed by atoms with Gasteiger partial charge in [0.25, 0.3) is 0 Å². The molecule has 8 heteroatoms. The highest BCUT2D eigenvalue weighted by Crippen LogP contribution is 2.39. The third-order valence-corrected chi connectivity index (χ3v) is 8.50. The summed E-state index contributed by atoms with van der Waals surface area (Å²) in [7, 11) is 2.70. The lowest BCUT2D eigenvalue weighted by molar-refractivity contribution is -0.143. The molecule has 0 fully saturated rings. The fraction of sp³-hybridized carbons (Fsp3) is 0.286. The van der Waals surface area contributed by atoms with Gasteiger partial charge in [0, 0.05) is 25.7 Å². The van der Waals surface area contributed by atoms with E-state index in [-0.39, 0.29) is 13.2 Å². The Morgan fingerprint density at radius 2 is 0.760 bits per heavy atom. The molecule has 0 saturated heterocycles. The molecule has 0 heterocycles. The number of hydrogen-bond acceptors (Lipinski definition) is 8. The van der Waals surface area contributed by atoms with Crippen LogP contribution < -0.4 is 18.9 Å². The highest BCUT2D eigenvalue weighted by molar-refractivity contribution is 5.71. The molecule has 0 atom stereocenters. The van der Waals surface area contributed by atoms with Gasteiger partial charge in [-0.15, -0.1) is 13.2 Å². The van der Waals surface area contributed by atoms with Crippen LogP contribution in [0.15, 0.2) is 98.1 Å². The number of esters is 2. The first-order chi connectivity index (χ1) is 24.4. The van der Waals surface area contributed by atoms with E-state index in [0.29, 0.717) is 63.2 Å². The number of carbonyl (C=O) groups excluding carboxylic acids is 2. The molecule has 50 heavy (non-hydrogen) atoms. The monoisotopic (exact) mass is 676 g/mol. The molecule has 0 unspecified atom stereocenters. The molecule has 5 rings (SSSR count). The number of benzene rings is 4. The van der Waals surface area contributed by atoms with E-state index >= 15 is 0 Å². The largest absolute Gasteiger partial charge is 0.493 e. The summed E-state index contributed by atoms with van der Waals surface area (Å²) in [6.45, 7) is 8.18. The number of carbonyl (C=O) groups is 2. The lowest BCUT2D eigenvalue weighted by atomic mass is 9.91. The van der Waals surface area contributed by atoms with Gasteiger partial charge in [0.05, 0.1) is 27.4 Å². The van der Waals surface area contributed by atoms with Crippen LogP contribution in [-0.4, -0.2) is 52.6 Å². The summed E-state index contributed by atoms with van der Waals surface area (Å²) in [5, 5.41) is 0. The SMILES string of the molecule is C=CCCOc1c2cccc1Cc1cccc(c1OCC(=O)OC)Cc1cccc(c1OCCC=C)Cc1cccc(c1OCC(=O)OC)C2. The molecule has 4 aromatic rings. The zero-order chi connectivity index (χ0) is 35.3. The Morgan fingerprint density at radius 1 is 0.500 bits per heavy atom. The van der Waals surface area contributed by atoms with Gasteiger partial charge in [0.15, 0.2) is 13.2 Å². The van der Waals surface area contributed by atoms with Crippen molar-refractivity contribution in [2.75, 3.05) is 40.6 Å². The van der Waals surface area contributed by atoms with E-state index in [1.54, 1.807) is 0 Å². The second-order valence-electron chi connectivity index (χ2n) is 11.9. The average molecular weight is 677 g/mol. The molecular weight excluding hydrogens is 632 g/mol. The van der Waals surface area contributed by atoms with Crippen LogP contribution in [0, 0.1) is 0 Å². The van der Waals surface area contributed by atoms with Gasteiger partial charge in [-0.25, -0.2) is 9.59 Å². The normalized spacial score (nSPS) is 11.9. The molecule has 4 aromatic carbocycles. The van der Waals surface area contributed by atoms with Crippen LogP contribution in [0.5, 0.6) is 23.0 Å². The number of ether oxygens (including phenoxy) is 6. The summed E-state index contributed by atoms with van der Waals surface area (Å²) < 4.78 is 35.3. The van der Waals surface area contributed by atoms with E-state index in [9.17, 15) is 9.59 Å². The van der Waals surface area contributed by atoms with Gasteiger partial charge in [0.1, 0.15) is 23.0 Å².